The lowest BCUT2D eigenvalue weighted by Crippen LogP contribution is -2.19. The molecule has 0 saturated heterocycles. The number of alkyl halides is 1. The third kappa shape index (κ3) is 2.49. The first-order valence-corrected chi connectivity index (χ1v) is 6.89. The smallest absolute Gasteiger partial charge is 0.183 e. The first-order valence-electron chi connectivity index (χ1n) is 4.43. The van der Waals surface area contributed by atoms with Gasteiger partial charge in [-0.2, -0.15) is 5.26 Å². The predicted molar refractivity (Wildman–Crippen MR) is 63.5 cm³/mol. The van der Waals surface area contributed by atoms with Crippen LogP contribution in [0.4, 0.5) is 0 Å². The number of nitriles is 1. The number of sulfone groups is 1. The van der Waals surface area contributed by atoms with Crippen molar-refractivity contribution in [1.82, 2.24) is 0 Å². The normalized spacial score (nSPS) is 13.1. The summed E-state index contributed by atoms with van der Waals surface area (Å²) in [6.07, 6.45) is 0. The SMILES string of the molecule is CC(CCl)S(=O)(=O)c1ccc(C#N)cc1Cl. The second-order valence-electron chi connectivity index (χ2n) is 3.27. The topological polar surface area (TPSA) is 57.9 Å². The fraction of sp³-hybridized carbons (Fsp3) is 0.300. The molecular formula is C10H9Cl2NO2S. The minimum atomic E-state index is -3.52. The summed E-state index contributed by atoms with van der Waals surface area (Å²) < 4.78 is 23.9. The predicted octanol–water partition coefficient (Wildman–Crippen LogP) is 2.61. The van der Waals surface area contributed by atoms with Crippen molar-refractivity contribution in [1.29, 1.82) is 5.26 Å². The third-order valence-corrected chi connectivity index (χ3v) is 5.38. The van der Waals surface area contributed by atoms with E-state index in [1.54, 1.807) is 0 Å². The summed E-state index contributed by atoms with van der Waals surface area (Å²) in [4.78, 5) is 0.0151. The number of hydrogen-bond acceptors (Lipinski definition) is 3. The van der Waals surface area contributed by atoms with Crippen molar-refractivity contribution in [3.8, 4) is 6.07 Å². The van der Waals surface area contributed by atoms with E-state index in [9.17, 15) is 8.42 Å². The van der Waals surface area contributed by atoms with Crippen molar-refractivity contribution in [2.45, 2.75) is 17.1 Å². The van der Waals surface area contributed by atoms with Crippen LogP contribution in [-0.4, -0.2) is 19.5 Å². The minimum Gasteiger partial charge on any atom is -0.223 e. The average molecular weight is 278 g/mol. The summed E-state index contributed by atoms with van der Waals surface area (Å²) in [6.45, 7) is 1.51. The molecule has 16 heavy (non-hydrogen) atoms. The van der Waals surface area contributed by atoms with Crippen LogP contribution in [0.1, 0.15) is 12.5 Å². The van der Waals surface area contributed by atoms with Crippen LogP contribution >= 0.6 is 23.2 Å². The second kappa shape index (κ2) is 5.05. The standard InChI is InChI=1S/C10H9Cl2NO2S/c1-7(5-11)16(14,15)10-3-2-8(6-13)4-9(10)12/h2-4,7H,5H2,1H3. The summed E-state index contributed by atoms with van der Waals surface area (Å²) in [5.74, 6) is -0.00133. The van der Waals surface area contributed by atoms with Gasteiger partial charge in [0.2, 0.25) is 0 Å². The van der Waals surface area contributed by atoms with Crippen LogP contribution < -0.4 is 0 Å². The van der Waals surface area contributed by atoms with Crippen molar-refractivity contribution in [2.24, 2.45) is 0 Å². The minimum absolute atomic E-state index is 0.00133. The summed E-state index contributed by atoms with van der Waals surface area (Å²) in [5, 5.41) is 7.98. The van der Waals surface area contributed by atoms with Gasteiger partial charge in [0.1, 0.15) is 0 Å². The molecule has 0 aromatic heterocycles. The summed E-state index contributed by atoms with van der Waals surface area (Å²) >= 11 is 11.3. The molecule has 1 rings (SSSR count). The zero-order valence-electron chi connectivity index (χ0n) is 8.44. The van der Waals surface area contributed by atoms with E-state index in [1.807, 2.05) is 6.07 Å². The van der Waals surface area contributed by atoms with Gasteiger partial charge in [0.25, 0.3) is 0 Å². The second-order valence-corrected chi connectivity index (χ2v) is 6.32. The quantitative estimate of drug-likeness (QED) is 0.798. The molecule has 0 aliphatic heterocycles. The first-order chi connectivity index (χ1) is 7.43. The van der Waals surface area contributed by atoms with E-state index in [2.05, 4.69) is 0 Å². The lowest BCUT2D eigenvalue weighted by molar-refractivity contribution is 0.588. The van der Waals surface area contributed by atoms with Gasteiger partial charge >= 0.3 is 0 Å². The Balaban J connectivity index is 3.31. The Morgan fingerprint density at radius 3 is 2.56 bits per heavy atom. The Hall–Kier alpha value is -0.760. The third-order valence-electron chi connectivity index (χ3n) is 2.11. The van der Waals surface area contributed by atoms with Crippen LogP contribution in [0.3, 0.4) is 0 Å². The van der Waals surface area contributed by atoms with Crippen molar-refractivity contribution < 1.29 is 8.42 Å². The summed E-state index contributed by atoms with van der Waals surface area (Å²) in [5.41, 5.74) is 0.322. The van der Waals surface area contributed by atoms with Gasteiger partial charge in [0.15, 0.2) is 9.84 Å². The molecule has 0 aliphatic carbocycles. The fourth-order valence-electron chi connectivity index (χ4n) is 1.10. The maximum atomic E-state index is 11.9. The molecule has 0 radical (unpaired) electrons. The largest absolute Gasteiger partial charge is 0.223 e. The van der Waals surface area contributed by atoms with Crippen molar-refractivity contribution >= 4 is 33.0 Å². The Labute approximate surface area is 105 Å². The van der Waals surface area contributed by atoms with Gasteiger partial charge in [-0.3, -0.25) is 0 Å². The fourth-order valence-corrected chi connectivity index (χ4v) is 3.29. The summed E-state index contributed by atoms with van der Waals surface area (Å²) in [6, 6.07) is 5.96. The molecule has 1 unspecified atom stereocenters. The highest BCUT2D eigenvalue weighted by atomic mass is 35.5. The molecular weight excluding hydrogens is 269 g/mol. The van der Waals surface area contributed by atoms with Crippen molar-refractivity contribution in [3.05, 3.63) is 28.8 Å². The zero-order chi connectivity index (χ0) is 12.3. The molecule has 3 nitrogen and oxygen atoms in total. The van der Waals surface area contributed by atoms with Crippen LogP contribution in [0, 0.1) is 11.3 Å². The highest BCUT2D eigenvalue weighted by Crippen LogP contribution is 2.26. The molecule has 1 aromatic carbocycles. The van der Waals surface area contributed by atoms with Gasteiger partial charge in [0.05, 0.1) is 26.8 Å². The highest BCUT2D eigenvalue weighted by molar-refractivity contribution is 7.92. The van der Waals surface area contributed by atoms with Gasteiger partial charge in [-0.25, -0.2) is 8.42 Å². The highest BCUT2D eigenvalue weighted by Gasteiger charge is 2.24. The van der Waals surface area contributed by atoms with Crippen LogP contribution in [0.15, 0.2) is 23.1 Å². The van der Waals surface area contributed by atoms with Crippen LogP contribution in [0.5, 0.6) is 0 Å². The van der Waals surface area contributed by atoms with Gasteiger partial charge in [-0.05, 0) is 25.1 Å². The first kappa shape index (κ1) is 13.3. The molecule has 0 fully saturated rings. The van der Waals surface area contributed by atoms with Gasteiger partial charge in [-0.1, -0.05) is 11.6 Å². The van der Waals surface area contributed by atoms with E-state index in [1.165, 1.54) is 25.1 Å². The number of benzene rings is 1. The van der Waals surface area contributed by atoms with Crippen molar-refractivity contribution in [2.75, 3.05) is 5.88 Å². The maximum absolute atomic E-state index is 11.9. The molecule has 86 valence electrons. The number of rotatable bonds is 3. The lowest BCUT2D eigenvalue weighted by Gasteiger charge is -2.11. The molecule has 0 aliphatic rings. The van der Waals surface area contributed by atoms with E-state index >= 15 is 0 Å². The molecule has 0 bridgehead atoms. The molecule has 0 saturated carbocycles. The van der Waals surface area contributed by atoms with Crippen LogP contribution in [0.2, 0.25) is 5.02 Å². The molecule has 1 atom stereocenters. The molecule has 0 spiro atoms. The molecule has 0 N–H and O–H groups in total. The maximum Gasteiger partial charge on any atom is 0.183 e. The van der Waals surface area contributed by atoms with Gasteiger partial charge in [-0.15, -0.1) is 11.6 Å². The van der Waals surface area contributed by atoms with Crippen LogP contribution in [-0.2, 0) is 9.84 Å². The monoisotopic (exact) mass is 277 g/mol. The Bertz CT molecular complexity index is 534. The van der Waals surface area contributed by atoms with Crippen LogP contribution in [0.25, 0.3) is 0 Å². The average Bonchev–Trinajstić information content (AvgIpc) is 2.27. The van der Waals surface area contributed by atoms with E-state index in [-0.39, 0.29) is 15.8 Å². The Kier molecular flexibility index (Phi) is 4.20. The molecule has 0 amide bonds. The van der Waals surface area contributed by atoms with E-state index in [0.29, 0.717) is 5.56 Å². The Morgan fingerprint density at radius 2 is 2.12 bits per heavy atom. The molecule has 0 heterocycles. The van der Waals surface area contributed by atoms with E-state index in [4.69, 9.17) is 28.5 Å². The van der Waals surface area contributed by atoms with Crippen molar-refractivity contribution in [3.63, 3.8) is 0 Å². The number of nitrogens with zero attached hydrogens (tertiary/aromatic N) is 1. The lowest BCUT2D eigenvalue weighted by atomic mass is 10.2. The van der Waals surface area contributed by atoms with E-state index in [0.717, 1.165) is 0 Å². The Morgan fingerprint density at radius 1 is 1.50 bits per heavy atom. The van der Waals surface area contributed by atoms with E-state index < -0.39 is 15.1 Å². The zero-order valence-corrected chi connectivity index (χ0v) is 10.8. The molecule has 6 heteroatoms. The van der Waals surface area contributed by atoms with Gasteiger partial charge < -0.3 is 0 Å². The molecule has 1 aromatic rings. The van der Waals surface area contributed by atoms with Gasteiger partial charge in [0, 0.05) is 5.88 Å². The number of halogens is 2. The summed E-state index contributed by atoms with van der Waals surface area (Å²) in [7, 11) is -3.52. The number of hydrogen-bond donors (Lipinski definition) is 0.